The van der Waals surface area contributed by atoms with Gasteiger partial charge in [0.15, 0.2) is 5.11 Å². The average molecular weight is 310 g/mol. The number of rotatable bonds is 4. The van der Waals surface area contributed by atoms with Gasteiger partial charge in [-0.15, -0.1) is 0 Å². The second-order valence-electron chi connectivity index (χ2n) is 4.07. The maximum Gasteiger partial charge on any atom is 0.172 e. The van der Waals surface area contributed by atoms with E-state index in [0.717, 1.165) is 0 Å². The molecule has 0 aliphatic carbocycles. The largest absolute Gasteiger partial charge is 0.359 e. The Hall–Kier alpha value is -1.72. The van der Waals surface area contributed by atoms with Gasteiger partial charge in [-0.2, -0.15) is 0 Å². The standard InChI is InChI=1S/C14H13ClFN3S/c15-11-6-7-13(17-8-11)19-14(20)18-9-12(16)10-4-2-1-3-5-10/h1-8,12H,9H2,(H2,17,18,19,20)/t12-/m1/s1. The zero-order valence-corrected chi connectivity index (χ0v) is 12.1. The summed E-state index contributed by atoms with van der Waals surface area (Å²) in [5.74, 6) is 0.557. The maximum atomic E-state index is 13.9. The summed E-state index contributed by atoms with van der Waals surface area (Å²) in [6.45, 7) is 0.101. The fraction of sp³-hybridized carbons (Fsp3) is 0.143. The van der Waals surface area contributed by atoms with Gasteiger partial charge in [-0.05, 0) is 29.9 Å². The normalized spacial score (nSPS) is 11.7. The third kappa shape index (κ3) is 4.43. The first-order valence-corrected chi connectivity index (χ1v) is 6.79. The van der Waals surface area contributed by atoms with E-state index >= 15 is 0 Å². The van der Waals surface area contributed by atoms with Gasteiger partial charge in [0.2, 0.25) is 0 Å². The number of nitrogens with one attached hydrogen (secondary N) is 2. The van der Waals surface area contributed by atoms with Crippen molar-refractivity contribution in [2.24, 2.45) is 0 Å². The van der Waals surface area contributed by atoms with E-state index in [4.69, 9.17) is 23.8 Å². The monoisotopic (exact) mass is 309 g/mol. The molecule has 0 amide bonds. The predicted molar refractivity (Wildman–Crippen MR) is 83.8 cm³/mol. The van der Waals surface area contributed by atoms with Gasteiger partial charge in [-0.1, -0.05) is 41.9 Å². The molecule has 0 unspecified atom stereocenters. The molecule has 1 aromatic carbocycles. The molecule has 0 aliphatic heterocycles. The van der Waals surface area contributed by atoms with Crippen molar-refractivity contribution in [1.82, 2.24) is 10.3 Å². The van der Waals surface area contributed by atoms with Crippen molar-refractivity contribution in [2.75, 3.05) is 11.9 Å². The van der Waals surface area contributed by atoms with Crippen molar-refractivity contribution in [2.45, 2.75) is 6.17 Å². The molecular formula is C14H13ClFN3S. The summed E-state index contributed by atoms with van der Waals surface area (Å²) in [5, 5.41) is 6.54. The summed E-state index contributed by atoms with van der Waals surface area (Å²) in [4.78, 5) is 4.04. The van der Waals surface area contributed by atoms with Crippen LogP contribution >= 0.6 is 23.8 Å². The van der Waals surface area contributed by atoms with Crippen LogP contribution in [0.15, 0.2) is 48.7 Å². The topological polar surface area (TPSA) is 37.0 Å². The van der Waals surface area contributed by atoms with Gasteiger partial charge >= 0.3 is 0 Å². The van der Waals surface area contributed by atoms with Crippen molar-refractivity contribution in [3.8, 4) is 0 Å². The Balaban J connectivity index is 1.82. The molecule has 0 saturated carbocycles. The SMILES string of the molecule is F[C@H](CNC(=S)Nc1ccc(Cl)cn1)c1ccccc1. The molecule has 0 spiro atoms. The van der Waals surface area contributed by atoms with Crippen LogP contribution in [0.4, 0.5) is 10.2 Å². The summed E-state index contributed by atoms with van der Waals surface area (Å²) < 4.78 is 13.9. The van der Waals surface area contributed by atoms with Crippen LogP contribution in [0.5, 0.6) is 0 Å². The zero-order valence-electron chi connectivity index (χ0n) is 10.5. The van der Waals surface area contributed by atoms with Crippen molar-refractivity contribution < 1.29 is 4.39 Å². The van der Waals surface area contributed by atoms with Gasteiger partial charge < -0.3 is 10.6 Å². The Morgan fingerprint density at radius 1 is 1.25 bits per heavy atom. The molecule has 6 heteroatoms. The fourth-order valence-electron chi connectivity index (χ4n) is 1.57. The van der Waals surface area contributed by atoms with E-state index in [1.807, 2.05) is 6.07 Å². The average Bonchev–Trinajstić information content (AvgIpc) is 2.48. The van der Waals surface area contributed by atoms with Crippen LogP contribution in [-0.4, -0.2) is 16.6 Å². The number of benzene rings is 1. The van der Waals surface area contributed by atoms with Crippen LogP contribution in [0.2, 0.25) is 5.02 Å². The first kappa shape index (κ1) is 14.7. The van der Waals surface area contributed by atoms with Crippen LogP contribution in [0.1, 0.15) is 11.7 Å². The van der Waals surface area contributed by atoms with E-state index in [0.29, 0.717) is 21.5 Å². The number of aromatic nitrogens is 1. The maximum absolute atomic E-state index is 13.9. The number of pyridine rings is 1. The van der Waals surface area contributed by atoms with E-state index in [-0.39, 0.29) is 6.54 Å². The molecule has 3 nitrogen and oxygen atoms in total. The summed E-state index contributed by atoms with van der Waals surface area (Å²) in [7, 11) is 0. The molecule has 1 heterocycles. The molecule has 1 aromatic heterocycles. The lowest BCUT2D eigenvalue weighted by molar-refractivity contribution is 0.343. The predicted octanol–water partition coefficient (Wildman–Crippen LogP) is 3.73. The van der Waals surface area contributed by atoms with Crippen LogP contribution in [0, 0.1) is 0 Å². The summed E-state index contributed by atoms with van der Waals surface area (Å²) in [6, 6.07) is 12.3. The minimum absolute atomic E-state index is 0.101. The minimum atomic E-state index is -1.12. The fourth-order valence-corrected chi connectivity index (χ4v) is 1.87. The smallest absolute Gasteiger partial charge is 0.172 e. The molecule has 2 rings (SSSR count). The highest BCUT2D eigenvalue weighted by Crippen LogP contribution is 2.15. The van der Waals surface area contributed by atoms with Gasteiger partial charge in [0, 0.05) is 6.20 Å². The van der Waals surface area contributed by atoms with Gasteiger partial charge in [0.1, 0.15) is 12.0 Å². The molecule has 104 valence electrons. The highest BCUT2D eigenvalue weighted by Gasteiger charge is 2.09. The third-order valence-corrected chi connectivity index (χ3v) is 3.04. The number of hydrogen-bond acceptors (Lipinski definition) is 2. The van der Waals surface area contributed by atoms with E-state index in [1.54, 1.807) is 36.4 Å². The van der Waals surface area contributed by atoms with E-state index < -0.39 is 6.17 Å². The summed E-state index contributed by atoms with van der Waals surface area (Å²) in [6.07, 6.45) is 0.392. The molecule has 2 aromatic rings. The molecule has 0 fully saturated rings. The first-order chi connectivity index (χ1) is 9.65. The number of alkyl halides is 1. The Morgan fingerprint density at radius 3 is 2.65 bits per heavy atom. The molecule has 1 atom stereocenters. The number of anilines is 1. The molecule has 0 aliphatic rings. The van der Waals surface area contributed by atoms with E-state index in [2.05, 4.69) is 15.6 Å². The Morgan fingerprint density at radius 2 is 2.00 bits per heavy atom. The van der Waals surface area contributed by atoms with Crippen molar-refractivity contribution in [3.05, 3.63) is 59.2 Å². The summed E-state index contributed by atoms with van der Waals surface area (Å²) in [5.41, 5.74) is 0.618. The minimum Gasteiger partial charge on any atom is -0.359 e. The van der Waals surface area contributed by atoms with Gasteiger partial charge in [-0.25, -0.2) is 9.37 Å². The highest BCUT2D eigenvalue weighted by molar-refractivity contribution is 7.80. The van der Waals surface area contributed by atoms with Gasteiger partial charge in [-0.3, -0.25) is 0 Å². The highest BCUT2D eigenvalue weighted by atomic mass is 35.5. The van der Waals surface area contributed by atoms with E-state index in [1.165, 1.54) is 6.20 Å². The molecule has 0 saturated heterocycles. The first-order valence-electron chi connectivity index (χ1n) is 6.00. The third-order valence-electron chi connectivity index (χ3n) is 2.57. The number of hydrogen-bond donors (Lipinski definition) is 2. The summed E-state index contributed by atoms with van der Waals surface area (Å²) >= 11 is 10.8. The lowest BCUT2D eigenvalue weighted by Crippen LogP contribution is -2.31. The Kier molecular flexibility index (Phi) is 5.26. The Bertz CT molecular complexity index is 562. The van der Waals surface area contributed by atoms with Crippen LogP contribution in [-0.2, 0) is 0 Å². The number of nitrogens with zero attached hydrogens (tertiary/aromatic N) is 1. The molecule has 2 N–H and O–H groups in total. The quantitative estimate of drug-likeness (QED) is 0.844. The molecular weight excluding hydrogens is 297 g/mol. The number of thiocarbonyl (C=S) groups is 1. The lowest BCUT2D eigenvalue weighted by Gasteiger charge is -2.12. The Labute approximate surface area is 127 Å². The van der Waals surface area contributed by atoms with E-state index in [9.17, 15) is 4.39 Å². The van der Waals surface area contributed by atoms with Crippen molar-refractivity contribution in [3.63, 3.8) is 0 Å². The second-order valence-corrected chi connectivity index (χ2v) is 4.92. The second kappa shape index (κ2) is 7.17. The van der Waals surface area contributed by atoms with Crippen LogP contribution < -0.4 is 10.6 Å². The van der Waals surface area contributed by atoms with Crippen LogP contribution in [0.25, 0.3) is 0 Å². The van der Waals surface area contributed by atoms with Gasteiger partial charge in [0.25, 0.3) is 0 Å². The van der Waals surface area contributed by atoms with Crippen molar-refractivity contribution in [1.29, 1.82) is 0 Å². The van der Waals surface area contributed by atoms with Crippen molar-refractivity contribution >= 4 is 34.7 Å². The molecule has 0 radical (unpaired) electrons. The number of halogens is 2. The lowest BCUT2D eigenvalue weighted by atomic mass is 10.1. The van der Waals surface area contributed by atoms with Crippen LogP contribution in [0.3, 0.4) is 0 Å². The zero-order chi connectivity index (χ0) is 14.4. The molecule has 20 heavy (non-hydrogen) atoms. The molecule has 0 bridgehead atoms. The van der Waals surface area contributed by atoms with Gasteiger partial charge in [0.05, 0.1) is 11.6 Å².